The van der Waals surface area contributed by atoms with Crippen LogP contribution in [-0.2, 0) is 0 Å². The summed E-state index contributed by atoms with van der Waals surface area (Å²) in [4.78, 5) is 8.18. The molecule has 1 aromatic heterocycles. The van der Waals surface area contributed by atoms with Gasteiger partial charge >= 0.3 is 0 Å². The molecule has 1 saturated carbocycles. The quantitative estimate of drug-likeness (QED) is 0.828. The number of halogens is 1. The van der Waals surface area contributed by atoms with Crippen LogP contribution in [0.2, 0.25) is 5.28 Å². The maximum absolute atomic E-state index is 5.94. The number of aryl methyl sites for hydroxylation is 1. The molecule has 1 heterocycles. The van der Waals surface area contributed by atoms with Gasteiger partial charge in [-0.2, -0.15) is 4.98 Å². The number of nitrogens with one attached hydrogen (secondary N) is 1. The summed E-state index contributed by atoms with van der Waals surface area (Å²) in [5, 5.41) is 3.54. The molecule has 106 valence electrons. The Balaban J connectivity index is 1.83. The lowest BCUT2D eigenvalue weighted by Crippen LogP contribution is -2.16. The molecule has 4 nitrogen and oxygen atoms in total. The molecule has 0 bridgehead atoms. The highest BCUT2D eigenvalue weighted by molar-refractivity contribution is 6.28. The third kappa shape index (κ3) is 3.96. The van der Waals surface area contributed by atoms with Gasteiger partial charge in [-0.05, 0) is 36.8 Å². The second kappa shape index (κ2) is 6.42. The van der Waals surface area contributed by atoms with Crippen LogP contribution in [0.5, 0.6) is 0 Å². The minimum atomic E-state index is 0.251. The molecule has 0 amide bonds. The number of nitrogen functional groups attached to an aromatic ring is 1. The van der Waals surface area contributed by atoms with Gasteiger partial charge in [0.15, 0.2) is 5.82 Å². The smallest absolute Gasteiger partial charge is 0.224 e. The van der Waals surface area contributed by atoms with E-state index in [1.54, 1.807) is 0 Å². The number of nitrogens with two attached hydrogens (primary N) is 1. The van der Waals surface area contributed by atoms with Crippen molar-refractivity contribution in [2.45, 2.75) is 46.0 Å². The van der Waals surface area contributed by atoms with Gasteiger partial charge in [-0.25, -0.2) is 4.98 Å². The van der Waals surface area contributed by atoms with Gasteiger partial charge < -0.3 is 11.1 Å². The zero-order chi connectivity index (χ0) is 13.8. The SMILES string of the molecule is Cc1nc(Cl)nc(NCCC2CCC(C)CC2)c1N. The molecule has 1 aliphatic rings. The Morgan fingerprint density at radius 2 is 1.95 bits per heavy atom. The van der Waals surface area contributed by atoms with Crippen molar-refractivity contribution in [2.24, 2.45) is 11.8 Å². The molecule has 0 aromatic carbocycles. The summed E-state index contributed by atoms with van der Waals surface area (Å²) in [6.45, 7) is 5.09. The molecule has 1 aromatic rings. The van der Waals surface area contributed by atoms with Crippen LogP contribution >= 0.6 is 11.6 Å². The zero-order valence-electron chi connectivity index (χ0n) is 11.7. The van der Waals surface area contributed by atoms with Gasteiger partial charge in [-0.15, -0.1) is 0 Å². The largest absolute Gasteiger partial charge is 0.394 e. The van der Waals surface area contributed by atoms with Gasteiger partial charge in [0.1, 0.15) is 0 Å². The van der Waals surface area contributed by atoms with Crippen molar-refractivity contribution in [3.8, 4) is 0 Å². The standard InChI is InChI=1S/C14H23ClN4/c1-9-3-5-11(6-4-9)7-8-17-13-12(16)10(2)18-14(15)19-13/h9,11H,3-8,16H2,1-2H3,(H,17,18,19). The average molecular weight is 283 g/mol. The van der Waals surface area contributed by atoms with Crippen molar-refractivity contribution >= 4 is 23.1 Å². The highest BCUT2D eigenvalue weighted by atomic mass is 35.5. The van der Waals surface area contributed by atoms with Crippen molar-refractivity contribution in [1.29, 1.82) is 0 Å². The molecule has 2 rings (SSSR count). The van der Waals surface area contributed by atoms with E-state index in [1.807, 2.05) is 6.92 Å². The Hall–Kier alpha value is -1.03. The fourth-order valence-corrected chi connectivity index (χ4v) is 2.91. The minimum Gasteiger partial charge on any atom is -0.394 e. The van der Waals surface area contributed by atoms with Crippen molar-refractivity contribution in [1.82, 2.24) is 9.97 Å². The first kappa shape index (κ1) is 14.4. The first-order chi connectivity index (χ1) is 9.06. The van der Waals surface area contributed by atoms with Crippen LogP contribution in [0.1, 0.15) is 44.7 Å². The number of rotatable bonds is 4. The normalized spacial score (nSPS) is 23.3. The number of anilines is 2. The second-order valence-corrected chi connectivity index (χ2v) is 6.02. The molecule has 0 radical (unpaired) electrons. The summed E-state index contributed by atoms with van der Waals surface area (Å²) >= 11 is 5.85. The summed E-state index contributed by atoms with van der Waals surface area (Å²) in [6.07, 6.45) is 6.60. The van der Waals surface area contributed by atoms with Crippen LogP contribution in [-0.4, -0.2) is 16.5 Å². The third-order valence-electron chi connectivity index (χ3n) is 4.09. The van der Waals surface area contributed by atoms with Crippen molar-refractivity contribution in [3.63, 3.8) is 0 Å². The van der Waals surface area contributed by atoms with Crippen LogP contribution in [0.15, 0.2) is 0 Å². The van der Waals surface area contributed by atoms with Crippen LogP contribution in [0, 0.1) is 18.8 Å². The maximum atomic E-state index is 5.94. The fourth-order valence-electron chi connectivity index (χ4n) is 2.69. The number of hydrogen-bond acceptors (Lipinski definition) is 4. The van der Waals surface area contributed by atoms with Gasteiger partial charge in [-0.1, -0.05) is 32.6 Å². The number of aromatic nitrogens is 2. The number of hydrogen-bond donors (Lipinski definition) is 2. The molecule has 1 fully saturated rings. The minimum absolute atomic E-state index is 0.251. The van der Waals surface area contributed by atoms with Gasteiger partial charge in [0.05, 0.1) is 11.4 Å². The Morgan fingerprint density at radius 3 is 2.63 bits per heavy atom. The van der Waals surface area contributed by atoms with E-state index in [-0.39, 0.29) is 5.28 Å². The molecule has 0 saturated heterocycles. The predicted octanol–water partition coefficient (Wildman–Crippen LogP) is 3.65. The molecule has 0 spiro atoms. The summed E-state index contributed by atoms with van der Waals surface area (Å²) in [7, 11) is 0. The molecule has 19 heavy (non-hydrogen) atoms. The van der Waals surface area contributed by atoms with E-state index >= 15 is 0 Å². The molecule has 5 heteroatoms. The monoisotopic (exact) mass is 282 g/mol. The molecule has 1 aliphatic carbocycles. The van der Waals surface area contributed by atoms with Gasteiger partial charge in [-0.3, -0.25) is 0 Å². The Bertz CT molecular complexity index is 428. The van der Waals surface area contributed by atoms with Crippen molar-refractivity contribution in [2.75, 3.05) is 17.6 Å². The van der Waals surface area contributed by atoms with Gasteiger partial charge in [0, 0.05) is 6.54 Å². The summed E-state index contributed by atoms with van der Waals surface area (Å²) in [5.41, 5.74) is 7.27. The van der Waals surface area contributed by atoms with Crippen molar-refractivity contribution < 1.29 is 0 Å². The highest BCUT2D eigenvalue weighted by Gasteiger charge is 2.18. The molecular formula is C14H23ClN4. The van der Waals surface area contributed by atoms with E-state index in [0.29, 0.717) is 11.5 Å². The average Bonchev–Trinajstić information content (AvgIpc) is 2.37. The maximum Gasteiger partial charge on any atom is 0.224 e. The van der Waals surface area contributed by atoms with E-state index in [0.717, 1.165) is 24.1 Å². The zero-order valence-corrected chi connectivity index (χ0v) is 12.5. The lowest BCUT2D eigenvalue weighted by atomic mass is 9.81. The third-order valence-corrected chi connectivity index (χ3v) is 4.26. The molecular weight excluding hydrogens is 260 g/mol. The predicted molar refractivity (Wildman–Crippen MR) is 80.4 cm³/mol. The first-order valence-electron chi connectivity index (χ1n) is 7.09. The topological polar surface area (TPSA) is 63.8 Å². The summed E-state index contributed by atoms with van der Waals surface area (Å²) in [6, 6.07) is 0. The van der Waals surface area contributed by atoms with Crippen LogP contribution in [0.4, 0.5) is 11.5 Å². The van der Waals surface area contributed by atoms with Crippen LogP contribution in [0.25, 0.3) is 0 Å². The fraction of sp³-hybridized carbons (Fsp3) is 0.714. The molecule has 3 N–H and O–H groups in total. The lowest BCUT2D eigenvalue weighted by molar-refractivity contribution is 0.282. The van der Waals surface area contributed by atoms with Crippen LogP contribution < -0.4 is 11.1 Å². The second-order valence-electron chi connectivity index (χ2n) is 5.68. The molecule has 0 aliphatic heterocycles. The van der Waals surface area contributed by atoms with E-state index in [4.69, 9.17) is 17.3 Å². The highest BCUT2D eigenvalue weighted by Crippen LogP contribution is 2.30. The van der Waals surface area contributed by atoms with Crippen molar-refractivity contribution in [3.05, 3.63) is 11.0 Å². The van der Waals surface area contributed by atoms with E-state index in [2.05, 4.69) is 22.2 Å². The molecule has 0 atom stereocenters. The summed E-state index contributed by atoms with van der Waals surface area (Å²) in [5.74, 6) is 2.41. The van der Waals surface area contributed by atoms with Gasteiger partial charge in [0.2, 0.25) is 5.28 Å². The van der Waals surface area contributed by atoms with Gasteiger partial charge in [0.25, 0.3) is 0 Å². The first-order valence-corrected chi connectivity index (χ1v) is 7.47. The number of nitrogens with zero attached hydrogens (tertiary/aromatic N) is 2. The van der Waals surface area contributed by atoms with E-state index in [9.17, 15) is 0 Å². The van der Waals surface area contributed by atoms with E-state index < -0.39 is 0 Å². The Labute approximate surface area is 120 Å². The lowest BCUT2D eigenvalue weighted by Gasteiger charge is -2.26. The van der Waals surface area contributed by atoms with E-state index in [1.165, 1.54) is 32.1 Å². The Morgan fingerprint density at radius 1 is 1.26 bits per heavy atom. The van der Waals surface area contributed by atoms with Crippen LogP contribution in [0.3, 0.4) is 0 Å². The molecule has 0 unspecified atom stereocenters. The Kier molecular flexibility index (Phi) is 4.86. The summed E-state index contributed by atoms with van der Waals surface area (Å²) < 4.78 is 0.